The quantitative estimate of drug-likeness (QED) is 0.664. The summed E-state index contributed by atoms with van der Waals surface area (Å²) in [5.74, 6) is 0. The maximum Gasteiger partial charge on any atom is 0.00951 e. The van der Waals surface area contributed by atoms with Crippen LogP contribution in [0.3, 0.4) is 0 Å². The van der Waals surface area contributed by atoms with Gasteiger partial charge >= 0.3 is 0 Å². The third-order valence-electron chi connectivity index (χ3n) is 3.40. The van der Waals surface area contributed by atoms with Crippen LogP contribution in [0.5, 0.6) is 0 Å². The molecule has 0 unspecified atom stereocenters. The molecule has 1 saturated carbocycles. The maximum absolute atomic E-state index is 5.52. The topological polar surface area (TPSA) is 29.3 Å². The zero-order valence-electron chi connectivity index (χ0n) is 9.67. The van der Waals surface area contributed by atoms with E-state index in [1.54, 1.807) is 0 Å². The van der Waals surface area contributed by atoms with E-state index in [1.165, 1.54) is 58.0 Å². The molecule has 0 atom stereocenters. The van der Waals surface area contributed by atoms with Crippen molar-refractivity contribution < 1.29 is 0 Å². The summed E-state index contributed by atoms with van der Waals surface area (Å²) in [7, 11) is 0. The molecule has 0 aromatic rings. The van der Waals surface area contributed by atoms with Gasteiger partial charge in [0.05, 0.1) is 0 Å². The third kappa shape index (κ3) is 3.97. The van der Waals surface area contributed by atoms with E-state index in [2.05, 4.69) is 11.8 Å². The molecule has 1 rings (SSSR count). The van der Waals surface area contributed by atoms with Gasteiger partial charge < -0.3 is 10.6 Å². The number of unbranched alkanes of at least 4 members (excludes halogenated alkanes) is 1. The van der Waals surface area contributed by atoms with E-state index in [0.29, 0.717) is 0 Å². The van der Waals surface area contributed by atoms with Gasteiger partial charge in [-0.15, -0.1) is 0 Å². The fourth-order valence-electron chi connectivity index (χ4n) is 2.50. The highest BCUT2D eigenvalue weighted by atomic mass is 15.1. The van der Waals surface area contributed by atoms with Crippen LogP contribution in [0.15, 0.2) is 0 Å². The van der Waals surface area contributed by atoms with Gasteiger partial charge in [0.25, 0.3) is 0 Å². The van der Waals surface area contributed by atoms with Crippen molar-refractivity contribution in [1.82, 2.24) is 4.90 Å². The monoisotopic (exact) mass is 198 g/mol. The van der Waals surface area contributed by atoms with Gasteiger partial charge in [-0.05, 0) is 45.3 Å². The van der Waals surface area contributed by atoms with E-state index in [4.69, 9.17) is 5.73 Å². The van der Waals surface area contributed by atoms with Crippen molar-refractivity contribution in [2.45, 2.75) is 57.9 Å². The fraction of sp³-hybridized carbons (Fsp3) is 1.00. The second-order valence-corrected chi connectivity index (χ2v) is 4.42. The van der Waals surface area contributed by atoms with Crippen LogP contribution in [-0.4, -0.2) is 30.6 Å². The summed E-state index contributed by atoms with van der Waals surface area (Å²) >= 11 is 0. The van der Waals surface area contributed by atoms with E-state index in [0.717, 1.165) is 12.6 Å². The largest absolute Gasteiger partial charge is 0.330 e. The molecule has 0 amide bonds. The molecule has 0 bridgehead atoms. The first kappa shape index (κ1) is 12.0. The number of nitrogens with two attached hydrogens (primary N) is 1. The Kier molecular flexibility index (Phi) is 6.20. The van der Waals surface area contributed by atoms with E-state index < -0.39 is 0 Å². The van der Waals surface area contributed by atoms with E-state index in [9.17, 15) is 0 Å². The van der Waals surface area contributed by atoms with Gasteiger partial charge in [0.15, 0.2) is 0 Å². The van der Waals surface area contributed by atoms with Crippen LogP contribution in [0.2, 0.25) is 0 Å². The van der Waals surface area contributed by atoms with Crippen molar-refractivity contribution in [3.8, 4) is 0 Å². The van der Waals surface area contributed by atoms with Crippen LogP contribution < -0.4 is 5.73 Å². The minimum atomic E-state index is 0.849. The van der Waals surface area contributed by atoms with Crippen LogP contribution in [-0.2, 0) is 0 Å². The van der Waals surface area contributed by atoms with Crippen molar-refractivity contribution >= 4 is 0 Å². The molecule has 1 fully saturated rings. The minimum absolute atomic E-state index is 0.849. The number of hydrogen-bond acceptors (Lipinski definition) is 2. The SMILES string of the molecule is CCN(CCCCN)C1CCCCC1. The van der Waals surface area contributed by atoms with Crippen molar-refractivity contribution in [2.24, 2.45) is 5.73 Å². The third-order valence-corrected chi connectivity index (χ3v) is 3.40. The lowest BCUT2D eigenvalue weighted by molar-refractivity contribution is 0.161. The minimum Gasteiger partial charge on any atom is -0.330 e. The van der Waals surface area contributed by atoms with Crippen LogP contribution in [0.1, 0.15) is 51.9 Å². The molecule has 1 aliphatic carbocycles. The van der Waals surface area contributed by atoms with E-state index in [-0.39, 0.29) is 0 Å². The standard InChI is InChI=1S/C12H26N2/c1-2-14(11-7-6-10-13)12-8-4-3-5-9-12/h12H,2-11,13H2,1H3. The Morgan fingerprint density at radius 2 is 1.86 bits per heavy atom. The highest BCUT2D eigenvalue weighted by molar-refractivity contribution is 4.74. The molecule has 0 aromatic heterocycles. The number of nitrogens with zero attached hydrogens (tertiary/aromatic N) is 1. The predicted octanol–water partition coefficient (Wildman–Crippen LogP) is 2.38. The van der Waals surface area contributed by atoms with Gasteiger partial charge in [0, 0.05) is 6.04 Å². The van der Waals surface area contributed by atoms with Gasteiger partial charge in [-0.2, -0.15) is 0 Å². The number of hydrogen-bond donors (Lipinski definition) is 1. The van der Waals surface area contributed by atoms with E-state index in [1.807, 2.05) is 0 Å². The molecule has 0 aliphatic heterocycles. The van der Waals surface area contributed by atoms with Crippen molar-refractivity contribution in [2.75, 3.05) is 19.6 Å². The Hall–Kier alpha value is -0.0800. The lowest BCUT2D eigenvalue weighted by Crippen LogP contribution is -2.37. The molecule has 14 heavy (non-hydrogen) atoms. The summed E-state index contributed by atoms with van der Waals surface area (Å²) in [4.78, 5) is 2.66. The van der Waals surface area contributed by atoms with Crippen LogP contribution in [0.4, 0.5) is 0 Å². The molecule has 2 heteroatoms. The van der Waals surface area contributed by atoms with Crippen LogP contribution in [0, 0.1) is 0 Å². The maximum atomic E-state index is 5.52. The smallest absolute Gasteiger partial charge is 0.00951 e. The number of rotatable bonds is 6. The molecule has 0 saturated heterocycles. The van der Waals surface area contributed by atoms with Gasteiger partial charge in [0.2, 0.25) is 0 Å². The average molecular weight is 198 g/mol. The van der Waals surface area contributed by atoms with Crippen molar-refractivity contribution in [3.05, 3.63) is 0 Å². The molecule has 0 aromatic carbocycles. The Morgan fingerprint density at radius 1 is 1.14 bits per heavy atom. The molecule has 0 heterocycles. The predicted molar refractivity (Wildman–Crippen MR) is 62.4 cm³/mol. The van der Waals surface area contributed by atoms with Gasteiger partial charge in [0.1, 0.15) is 0 Å². The van der Waals surface area contributed by atoms with Crippen molar-refractivity contribution in [3.63, 3.8) is 0 Å². The highest BCUT2D eigenvalue weighted by Gasteiger charge is 2.18. The molecule has 84 valence electrons. The second kappa shape index (κ2) is 7.24. The molecule has 1 aliphatic rings. The van der Waals surface area contributed by atoms with Gasteiger partial charge in [-0.25, -0.2) is 0 Å². The zero-order chi connectivity index (χ0) is 10.2. The Morgan fingerprint density at radius 3 is 2.43 bits per heavy atom. The lowest BCUT2D eigenvalue weighted by atomic mass is 9.94. The first-order valence-corrected chi connectivity index (χ1v) is 6.32. The summed E-state index contributed by atoms with van der Waals surface area (Å²) in [5, 5.41) is 0. The van der Waals surface area contributed by atoms with Gasteiger partial charge in [-0.1, -0.05) is 26.2 Å². The fourth-order valence-corrected chi connectivity index (χ4v) is 2.50. The first-order valence-electron chi connectivity index (χ1n) is 6.32. The molecular weight excluding hydrogens is 172 g/mol. The highest BCUT2D eigenvalue weighted by Crippen LogP contribution is 2.22. The molecule has 0 spiro atoms. The summed E-state index contributed by atoms with van der Waals surface area (Å²) in [6.45, 7) is 5.62. The summed E-state index contributed by atoms with van der Waals surface area (Å²) in [6.07, 6.45) is 9.66. The Bertz CT molecular complexity index is 130. The summed E-state index contributed by atoms with van der Waals surface area (Å²) in [5.41, 5.74) is 5.52. The summed E-state index contributed by atoms with van der Waals surface area (Å²) in [6, 6.07) is 0.881. The lowest BCUT2D eigenvalue weighted by Gasteiger charge is -2.33. The zero-order valence-corrected chi connectivity index (χ0v) is 9.67. The molecule has 2 N–H and O–H groups in total. The van der Waals surface area contributed by atoms with Crippen molar-refractivity contribution in [1.29, 1.82) is 0 Å². The molecule has 0 radical (unpaired) electrons. The second-order valence-electron chi connectivity index (χ2n) is 4.42. The Labute approximate surface area is 88.8 Å². The van der Waals surface area contributed by atoms with E-state index >= 15 is 0 Å². The van der Waals surface area contributed by atoms with Crippen LogP contribution in [0.25, 0.3) is 0 Å². The first-order chi connectivity index (χ1) is 6.88. The summed E-state index contributed by atoms with van der Waals surface area (Å²) < 4.78 is 0. The van der Waals surface area contributed by atoms with Crippen LogP contribution >= 0.6 is 0 Å². The molecule has 2 nitrogen and oxygen atoms in total. The Balaban J connectivity index is 2.21. The normalized spacial score (nSPS) is 19.1. The average Bonchev–Trinajstić information content (AvgIpc) is 2.26. The molecular formula is C12H26N2. The van der Waals surface area contributed by atoms with Gasteiger partial charge in [-0.3, -0.25) is 0 Å².